The summed E-state index contributed by atoms with van der Waals surface area (Å²) in [5.74, 6) is -0.575. The van der Waals surface area contributed by atoms with Crippen molar-refractivity contribution in [3.63, 3.8) is 0 Å². The predicted molar refractivity (Wildman–Crippen MR) is 82.0 cm³/mol. The zero-order valence-corrected chi connectivity index (χ0v) is 13.2. The largest absolute Gasteiger partial charge is 0.342 e. The summed E-state index contributed by atoms with van der Waals surface area (Å²) >= 11 is 0. The molecule has 1 aromatic carbocycles. The molecule has 22 heavy (non-hydrogen) atoms. The molecule has 0 spiro atoms. The second kappa shape index (κ2) is 7.19. The van der Waals surface area contributed by atoms with Crippen LogP contribution >= 0.6 is 0 Å². The molecule has 1 saturated heterocycles. The number of sulfonamides is 1. The Morgan fingerprint density at radius 2 is 2.09 bits per heavy atom. The number of aryl methyl sites for hydroxylation is 1. The van der Waals surface area contributed by atoms with Gasteiger partial charge in [-0.1, -0.05) is 18.2 Å². The van der Waals surface area contributed by atoms with Crippen LogP contribution in [-0.4, -0.2) is 38.1 Å². The molecule has 1 atom stereocenters. The van der Waals surface area contributed by atoms with Crippen LogP contribution in [0.25, 0.3) is 0 Å². The van der Waals surface area contributed by atoms with Gasteiger partial charge in [0.25, 0.3) is 0 Å². The third-order valence-corrected chi connectivity index (χ3v) is 4.84. The number of nitrogens with two attached hydrogens (primary N) is 1. The number of carbonyl (C=O) groups excluding carboxylic acids is 1. The third kappa shape index (κ3) is 5.06. The van der Waals surface area contributed by atoms with Gasteiger partial charge in [0.1, 0.15) is 5.82 Å². The number of piperidine rings is 1. The molecule has 2 N–H and O–H groups in total. The lowest BCUT2D eigenvalue weighted by Crippen LogP contribution is -2.42. The summed E-state index contributed by atoms with van der Waals surface area (Å²) in [6.07, 6.45) is 2.10. The number of nitrogens with zero attached hydrogens (tertiary/aromatic N) is 1. The van der Waals surface area contributed by atoms with Gasteiger partial charge in [0.2, 0.25) is 15.9 Å². The van der Waals surface area contributed by atoms with Crippen molar-refractivity contribution in [3.05, 3.63) is 35.6 Å². The van der Waals surface area contributed by atoms with E-state index in [1.54, 1.807) is 23.1 Å². The van der Waals surface area contributed by atoms with E-state index in [0.29, 0.717) is 25.1 Å². The Balaban J connectivity index is 1.88. The summed E-state index contributed by atoms with van der Waals surface area (Å²) in [4.78, 5) is 13.9. The van der Waals surface area contributed by atoms with E-state index in [1.807, 2.05) is 0 Å². The van der Waals surface area contributed by atoms with Crippen LogP contribution in [-0.2, 0) is 21.2 Å². The lowest BCUT2D eigenvalue weighted by molar-refractivity contribution is -0.132. The molecular weight excluding hydrogens is 307 g/mol. The average molecular weight is 328 g/mol. The highest BCUT2D eigenvalue weighted by atomic mass is 32.2. The minimum atomic E-state index is -3.52. The fraction of sp³-hybridized carbons (Fsp3) is 0.533. The molecule has 1 heterocycles. The lowest BCUT2D eigenvalue weighted by Gasteiger charge is -2.32. The lowest BCUT2D eigenvalue weighted by atomic mass is 9.99. The van der Waals surface area contributed by atoms with Gasteiger partial charge in [-0.05, 0) is 36.8 Å². The van der Waals surface area contributed by atoms with Crippen molar-refractivity contribution in [3.8, 4) is 0 Å². The maximum atomic E-state index is 13.5. The Morgan fingerprint density at radius 3 is 2.77 bits per heavy atom. The van der Waals surface area contributed by atoms with Gasteiger partial charge in [0, 0.05) is 19.5 Å². The van der Waals surface area contributed by atoms with Crippen LogP contribution in [0, 0.1) is 11.7 Å². The van der Waals surface area contributed by atoms with Crippen LogP contribution in [0.2, 0.25) is 0 Å². The summed E-state index contributed by atoms with van der Waals surface area (Å²) in [5.41, 5.74) is 0.522. The molecule has 122 valence electrons. The number of rotatable bonds is 5. The van der Waals surface area contributed by atoms with E-state index in [-0.39, 0.29) is 29.8 Å². The van der Waals surface area contributed by atoms with E-state index >= 15 is 0 Å². The topological polar surface area (TPSA) is 80.5 Å². The number of benzene rings is 1. The first kappa shape index (κ1) is 16.9. The minimum Gasteiger partial charge on any atom is -0.342 e. The molecular formula is C15H21FN2O3S. The fourth-order valence-electron chi connectivity index (χ4n) is 2.86. The number of amides is 1. The number of primary sulfonamides is 1. The molecule has 0 bridgehead atoms. The van der Waals surface area contributed by atoms with Gasteiger partial charge >= 0.3 is 0 Å². The fourth-order valence-corrected chi connectivity index (χ4v) is 3.79. The van der Waals surface area contributed by atoms with Crippen molar-refractivity contribution in [2.75, 3.05) is 18.8 Å². The predicted octanol–water partition coefficient (Wildman–Crippen LogP) is 1.29. The Labute approximate surface area is 130 Å². The first-order chi connectivity index (χ1) is 10.3. The molecule has 1 amide bonds. The third-order valence-electron chi connectivity index (χ3n) is 3.91. The summed E-state index contributed by atoms with van der Waals surface area (Å²) in [6.45, 7) is 1.03. The highest BCUT2D eigenvalue weighted by molar-refractivity contribution is 7.89. The van der Waals surface area contributed by atoms with Crippen molar-refractivity contribution in [1.82, 2.24) is 4.90 Å². The van der Waals surface area contributed by atoms with E-state index in [2.05, 4.69) is 0 Å². The molecule has 1 fully saturated rings. The molecule has 0 aromatic heterocycles. The first-order valence-corrected chi connectivity index (χ1v) is 9.08. The summed E-state index contributed by atoms with van der Waals surface area (Å²) in [7, 11) is -3.52. The normalized spacial score (nSPS) is 19.2. The molecule has 1 aromatic rings. The van der Waals surface area contributed by atoms with Gasteiger partial charge in [-0.25, -0.2) is 17.9 Å². The van der Waals surface area contributed by atoms with Crippen molar-refractivity contribution in [2.24, 2.45) is 11.1 Å². The number of halogens is 1. The van der Waals surface area contributed by atoms with Crippen molar-refractivity contribution < 1.29 is 17.6 Å². The molecule has 0 radical (unpaired) electrons. The average Bonchev–Trinajstić information content (AvgIpc) is 2.44. The number of carbonyl (C=O) groups is 1. The highest BCUT2D eigenvalue weighted by Crippen LogP contribution is 2.19. The van der Waals surface area contributed by atoms with Crippen LogP contribution in [0.1, 0.15) is 24.8 Å². The van der Waals surface area contributed by atoms with E-state index < -0.39 is 10.0 Å². The van der Waals surface area contributed by atoms with E-state index in [4.69, 9.17) is 5.14 Å². The SMILES string of the molecule is NS(=O)(=O)C[C@@H]1CCCN(C(=O)CCc2ccccc2F)C1. The van der Waals surface area contributed by atoms with Crippen LogP contribution in [0.3, 0.4) is 0 Å². The molecule has 1 aliphatic heterocycles. The quantitative estimate of drug-likeness (QED) is 0.884. The Morgan fingerprint density at radius 1 is 1.36 bits per heavy atom. The Hall–Kier alpha value is -1.47. The molecule has 1 aliphatic rings. The molecule has 5 nitrogen and oxygen atoms in total. The van der Waals surface area contributed by atoms with Crippen LogP contribution in [0.15, 0.2) is 24.3 Å². The van der Waals surface area contributed by atoms with Crippen molar-refractivity contribution in [2.45, 2.75) is 25.7 Å². The van der Waals surface area contributed by atoms with Crippen molar-refractivity contribution in [1.29, 1.82) is 0 Å². The van der Waals surface area contributed by atoms with Crippen LogP contribution in [0.4, 0.5) is 4.39 Å². The van der Waals surface area contributed by atoms with Crippen LogP contribution < -0.4 is 5.14 Å². The Bertz CT molecular complexity index is 633. The number of hydrogen-bond acceptors (Lipinski definition) is 3. The number of likely N-dealkylation sites (tertiary alicyclic amines) is 1. The maximum absolute atomic E-state index is 13.5. The monoisotopic (exact) mass is 328 g/mol. The second-order valence-electron chi connectivity index (χ2n) is 5.77. The van der Waals surface area contributed by atoms with E-state index in [1.165, 1.54) is 6.07 Å². The summed E-state index contributed by atoms with van der Waals surface area (Å²) in [6, 6.07) is 6.40. The zero-order chi connectivity index (χ0) is 16.2. The summed E-state index contributed by atoms with van der Waals surface area (Å²) < 4.78 is 35.8. The highest BCUT2D eigenvalue weighted by Gasteiger charge is 2.26. The van der Waals surface area contributed by atoms with Crippen LogP contribution in [0.5, 0.6) is 0 Å². The van der Waals surface area contributed by atoms with Gasteiger partial charge in [-0.2, -0.15) is 0 Å². The second-order valence-corrected chi connectivity index (χ2v) is 7.43. The van der Waals surface area contributed by atoms with E-state index in [9.17, 15) is 17.6 Å². The molecule has 0 aliphatic carbocycles. The maximum Gasteiger partial charge on any atom is 0.222 e. The number of hydrogen-bond donors (Lipinski definition) is 1. The van der Waals surface area contributed by atoms with Gasteiger partial charge in [-0.15, -0.1) is 0 Å². The van der Waals surface area contributed by atoms with Gasteiger partial charge in [0.15, 0.2) is 0 Å². The molecule has 7 heteroatoms. The molecule has 2 rings (SSSR count). The first-order valence-electron chi connectivity index (χ1n) is 7.37. The van der Waals surface area contributed by atoms with Gasteiger partial charge in [0.05, 0.1) is 5.75 Å². The standard InChI is InChI=1S/C15H21FN2O3S/c16-14-6-2-1-5-13(14)7-8-15(19)18-9-3-4-12(10-18)11-22(17,20)21/h1-2,5-6,12H,3-4,7-11H2,(H2,17,20,21)/t12-/m1/s1. The minimum absolute atomic E-state index is 0.0672. The zero-order valence-electron chi connectivity index (χ0n) is 12.4. The molecule has 0 unspecified atom stereocenters. The summed E-state index contributed by atoms with van der Waals surface area (Å²) in [5, 5.41) is 5.07. The van der Waals surface area contributed by atoms with E-state index in [0.717, 1.165) is 12.8 Å². The Kier molecular flexibility index (Phi) is 5.52. The van der Waals surface area contributed by atoms with Gasteiger partial charge < -0.3 is 4.90 Å². The molecule has 0 saturated carbocycles. The smallest absolute Gasteiger partial charge is 0.222 e. The van der Waals surface area contributed by atoms with Crippen molar-refractivity contribution >= 4 is 15.9 Å². The van der Waals surface area contributed by atoms with Gasteiger partial charge in [-0.3, -0.25) is 4.79 Å².